The highest BCUT2D eigenvalue weighted by molar-refractivity contribution is 5.90. The van der Waals surface area contributed by atoms with Crippen molar-refractivity contribution in [2.75, 3.05) is 0 Å². The van der Waals surface area contributed by atoms with Gasteiger partial charge in [0.25, 0.3) is 0 Å². The van der Waals surface area contributed by atoms with E-state index in [9.17, 15) is 66.7 Å². The number of carboxylic acid groups (broad SMARTS) is 1. The second-order valence-corrected chi connectivity index (χ2v) is 7.67. The Bertz CT molecular complexity index is 763. The highest BCUT2D eigenvalue weighted by Gasteiger charge is 2.90. The largest absolute Gasteiger partial charge is 0.478 e. The summed E-state index contributed by atoms with van der Waals surface area (Å²) in [6.07, 6.45) is -12.7. The minimum absolute atomic E-state index is 0.0734. The van der Waals surface area contributed by atoms with E-state index in [1.807, 2.05) is 0 Å². The van der Waals surface area contributed by atoms with Crippen LogP contribution in [0.5, 0.6) is 0 Å². The summed E-state index contributed by atoms with van der Waals surface area (Å²) in [5, 5.41) is 8.33. The van der Waals surface area contributed by atoms with Gasteiger partial charge in [-0.25, -0.2) is 9.59 Å². The Morgan fingerprint density at radius 2 is 1.12 bits per heavy atom. The second kappa shape index (κ2) is 8.85. The SMILES string of the molecule is CC(C)(C)C(CC(F)(F)C(F)(F)C(F)(F)C(F)(F)C(F)(F)C(F)(F)F)OC(=O)C=CC(=O)O. The molecule has 0 spiro atoms. The molecule has 4 nitrogen and oxygen atoms in total. The van der Waals surface area contributed by atoms with Gasteiger partial charge in [0.1, 0.15) is 6.10 Å². The van der Waals surface area contributed by atoms with Crippen molar-refractivity contribution >= 4 is 11.9 Å². The molecular formula is C16H15F13O4. The molecule has 1 unspecified atom stereocenters. The zero-order valence-corrected chi connectivity index (χ0v) is 16.5. The molecule has 194 valence electrons. The third kappa shape index (κ3) is 5.83. The number of carbonyl (C=O) groups is 2. The summed E-state index contributed by atoms with van der Waals surface area (Å²) in [5.74, 6) is -41.4. The van der Waals surface area contributed by atoms with Crippen LogP contribution in [0.1, 0.15) is 27.2 Å². The van der Waals surface area contributed by atoms with Gasteiger partial charge in [-0.2, -0.15) is 57.1 Å². The van der Waals surface area contributed by atoms with Crippen molar-refractivity contribution < 1.29 is 76.5 Å². The van der Waals surface area contributed by atoms with Crippen LogP contribution in [0.4, 0.5) is 57.1 Å². The van der Waals surface area contributed by atoms with E-state index in [2.05, 4.69) is 4.74 Å². The fraction of sp³-hybridized carbons (Fsp3) is 0.750. The molecule has 0 aliphatic heterocycles. The van der Waals surface area contributed by atoms with Crippen LogP contribution < -0.4 is 0 Å². The normalized spacial score (nSPS) is 16.1. The lowest BCUT2D eigenvalue weighted by molar-refractivity contribution is -0.441. The zero-order valence-electron chi connectivity index (χ0n) is 16.5. The Labute approximate surface area is 176 Å². The smallest absolute Gasteiger partial charge is 0.460 e. The van der Waals surface area contributed by atoms with Crippen LogP contribution in [-0.2, 0) is 14.3 Å². The van der Waals surface area contributed by atoms with Gasteiger partial charge in [0.05, 0.1) is 6.42 Å². The van der Waals surface area contributed by atoms with Gasteiger partial charge in [-0.1, -0.05) is 20.8 Å². The predicted octanol–water partition coefficient (Wildman–Crippen LogP) is 5.71. The van der Waals surface area contributed by atoms with Gasteiger partial charge in [-0.15, -0.1) is 0 Å². The minimum Gasteiger partial charge on any atom is -0.478 e. The molecule has 0 aromatic rings. The lowest BCUT2D eigenvalue weighted by atomic mass is 9.82. The number of rotatable bonds is 9. The van der Waals surface area contributed by atoms with Crippen LogP contribution in [0.15, 0.2) is 12.2 Å². The zero-order chi connectivity index (χ0) is 27.1. The van der Waals surface area contributed by atoms with E-state index in [0.29, 0.717) is 0 Å². The van der Waals surface area contributed by atoms with Crippen LogP contribution in [0.3, 0.4) is 0 Å². The van der Waals surface area contributed by atoms with Gasteiger partial charge >= 0.3 is 47.7 Å². The quantitative estimate of drug-likeness (QED) is 0.241. The number of alkyl halides is 13. The first-order valence-electron chi connectivity index (χ1n) is 8.24. The van der Waals surface area contributed by atoms with E-state index in [1.54, 1.807) is 0 Å². The van der Waals surface area contributed by atoms with Crippen molar-refractivity contribution in [3.05, 3.63) is 12.2 Å². The average molecular weight is 518 g/mol. The number of hydrogen-bond donors (Lipinski definition) is 1. The third-order valence-electron chi connectivity index (χ3n) is 4.03. The van der Waals surface area contributed by atoms with Crippen LogP contribution >= 0.6 is 0 Å². The molecule has 0 saturated heterocycles. The molecule has 0 radical (unpaired) electrons. The summed E-state index contributed by atoms with van der Waals surface area (Å²) in [5.41, 5.74) is -1.86. The van der Waals surface area contributed by atoms with Crippen molar-refractivity contribution in [1.29, 1.82) is 0 Å². The molecule has 0 aliphatic rings. The molecule has 0 rings (SSSR count). The monoisotopic (exact) mass is 518 g/mol. The summed E-state index contributed by atoms with van der Waals surface area (Å²) in [7, 11) is 0. The van der Waals surface area contributed by atoms with Gasteiger partial charge < -0.3 is 9.84 Å². The lowest BCUT2D eigenvalue weighted by Gasteiger charge is -2.41. The molecule has 0 bridgehead atoms. The Morgan fingerprint density at radius 3 is 1.45 bits per heavy atom. The summed E-state index contributed by atoms with van der Waals surface area (Å²) in [4.78, 5) is 21.7. The Hall–Kier alpha value is -2.23. The number of ether oxygens (including phenoxy) is 1. The standard InChI is InChI=1S/C16H15F13O4/c1-10(2,3)7(33-9(32)5-4-8(30)31)6-11(17,18)12(19,20)13(21,22)14(23,24)15(25,26)16(27,28)29/h4-5,7H,6H2,1-3H3,(H,30,31). The first-order valence-corrected chi connectivity index (χ1v) is 8.24. The van der Waals surface area contributed by atoms with Crippen molar-refractivity contribution in [2.24, 2.45) is 5.41 Å². The minimum atomic E-state index is -8.04. The number of hydrogen-bond acceptors (Lipinski definition) is 3. The van der Waals surface area contributed by atoms with E-state index < -0.39 is 65.7 Å². The molecule has 0 aromatic heterocycles. The first kappa shape index (κ1) is 30.8. The Balaban J connectivity index is 6.31. The summed E-state index contributed by atoms with van der Waals surface area (Å²) >= 11 is 0. The Morgan fingerprint density at radius 1 is 0.727 bits per heavy atom. The second-order valence-electron chi connectivity index (χ2n) is 7.67. The molecule has 17 heteroatoms. The van der Waals surface area contributed by atoms with E-state index >= 15 is 0 Å². The van der Waals surface area contributed by atoms with Gasteiger partial charge in [0, 0.05) is 12.2 Å². The highest BCUT2D eigenvalue weighted by Crippen LogP contribution is 2.61. The van der Waals surface area contributed by atoms with Crippen molar-refractivity contribution in [1.82, 2.24) is 0 Å². The molecule has 0 heterocycles. The predicted molar refractivity (Wildman–Crippen MR) is 81.5 cm³/mol. The van der Waals surface area contributed by atoms with E-state index in [1.165, 1.54) is 0 Å². The van der Waals surface area contributed by atoms with Crippen LogP contribution in [-0.4, -0.2) is 58.9 Å². The van der Waals surface area contributed by atoms with Crippen molar-refractivity contribution in [2.45, 2.75) is 69.1 Å². The van der Waals surface area contributed by atoms with E-state index in [-0.39, 0.29) is 12.2 Å². The van der Waals surface area contributed by atoms with E-state index in [4.69, 9.17) is 5.11 Å². The van der Waals surface area contributed by atoms with Crippen molar-refractivity contribution in [3.8, 4) is 0 Å². The maximum atomic E-state index is 14.1. The lowest BCUT2D eigenvalue weighted by Crippen LogP contribution is -2.70. The number of halogens is 13. The fourth-order valence-electron chi connectivity index (χ4n) is 2.01. The number of carbonyl (C=O) groups excluding carboxylic acids is 1. The molecule has 0 aromatic carbocycles. The first-order chi connectivity index (χ1) is 14.2. The summed E-state index contributed by atoms with van der Waals surface area (Å²) in [6.45, 7) is 2.64. The van der Waals surface area contributed by atoms with Crippen LogP contribution in [0, 0.1) is 5.41 Å². The number of carboxylic acids is 1. The molecule has 0 amide bonds. The van der Waals surface area contributed by atoms with Crippen molar-refractivity contribution in [3.63, 3.8) is 0 Å². The average Bonchev–Trinajstić information content (AvgIpc) is 2.56. The van der Waals surface area contributed by atoms with Gasteiger partial charge in [0.15, 0.2) is 0 Å². The molecule has 0 fully saturated rings. The molecule has 1 N–H and O–H groups in total. The molecule has 33 heavy (non-hydrogen) atoms. The molecular weight excluding hydrogens is 503 g/mol. The van der Waals surface area contributed by atoms with Crippen LogP contribution in [0.2, 0.25) is 0 Å². The third-order valence-corrected chi connectivity index (χ3v) is 4.03. The highest BCUT2D eigenvalue weighted by atomic mass is 19.4. The number of esters is 1. The number of aliphatic carboxylic acids is 1. The van der Waals surface area contributed by atoms with Crippen LogP contribution in [0.25, 0.3) is 0 Å². The van der Waals surface area contributed by atoms with E-state index in [0.717, 1.165) is 20.8 Å². The van der Waals surface area contributed by atoms with Gasteiger partial charge in [-0.3, -0.25) is 0 Å². The maximum absolute atomic E-state index is 14.1. The molecule has 0 aliphatic carbocycles. The fourth-order valence-corrected chi connectivity index (χ4v) is 2.01. The summed E-state index contributed by atoms with van der Waals surface area (Å²) < 4.78 is 176. The topological polar surface area (TPSA) is 63.6 Å². The maximum Gasteiger partial charge on any atom is 0.460 e. The summed E-state index contributed by atoms with van der Waals surface area (Å²) in [6, 6.07) is 0. The molecule has 0 saturated carbocycles. The van der Waals surface area contributed by atoms with Gasteiger partial charge in [0.2, 0.25) is 0 Å². The molecule has 1 atom stereocenters. The Kier molecular flexibility index (Phi) is 8.25. The van der Waals surface area contributed by atoms with Gasteiger partial charge in [-0.05, 0) is 5.41 Å².